The fraction of sp³-hybridized carbons (Fsp3) is 0.312. The maximum Gasteiger partial charge on any atom is 0.251 e. The molecule has 0 atom stereocenters. The van der Waals surface area contributed by atoms with Gasteiger partial charge in [0.15, 0.2) is 5.65 Å². The van der Waals surface area contributed by atoms with Crippen molar-refractivity contribution >= 4 is 28.3 Å². The van der Waals surface area contributed by atoms with Crippen LogP contribution >= 0.6 is 11.3 Å². The smallest absolute Gasteiger partial charge is 0.251 e. The number of nitrogens with one attached hydrogen (secondary N) is 1. The first kappa shape index (κ1) is 14.7. The lowest BCUT2D eigenvalue weighted by molar-refractivity contribution is 0.0964. The number of hydrogen-bond donors (Lipinski definition) is 1. The minimum absolute atomic E-state index is 0.120. The van der Waals surface area contributed by atoms with E-state index in [1.54, 1.807) is 24.6 Å². The highest BCUT2D eigenvalue weighted by atomic mass is 32.1. The largest absolute Gasteiger partial charge is 0.355 e. The van der Waals surface area contributed by atoms with Gasteiger partial charge in [-0.15, -0.1) is 11.3 Å². The molecule has 0 saturated heterocycles. The Balaban J connectivity index is 2.30. The van der Waals surface area contributed by atoms with Gasteiger partial charge in [0.1, 0.15) is 0 Å². The zero-order chi connectivity index (χ0) is 15.9. The summed E-state index contributed by atoms with van der Waals surface area (Å²) in [5, 5.41) is 7.87. The highest BCUT2D eigenvalue weighted by Crippen LogP contribution is 2.30. The third-order valence-electron chi connectivity index (χ3n) is 3.52. The van der Waals surface area contributed by atoms with Crippen LogP contribution in [-0.4, -0.2) is 27.7 Å². The number of carbonyl (C=O) groups excluding carboxylic acids is 1. The highest BCUT2D eigenvalue weighted by Gasteiger charge is 2.18. The molecule has 3 heterocycles. The molecule has 0 spiro atoms. The fourth-order valence-electron chi connectivity index (χ4n) is 2.42. The predicted octanol–water partition coefficient (Wildman–Crippen LogP) is 3.41. The number of pyridine rings is 1. The van der Waals surface area contributed by atoms with E-state index in [1.807, 2.05) is 16.8 Å². The summed E-state index contributed by atoms with van der Waals surface area (Å²) >= 11 is 1.67. The van der Waals surface area contributed by atoms with Gasteiger partial charge in [-0.2, -0.15) is 5.10 Å². The normalized spacial score (nSPS) is 11.3. The first-order valence-corrected chi connectivity index (χ1v) is 8.00. The summed E-state index contributed by atoms with van der Waals surface area (Å²) in [5.74, 6) is -0.120. The van der Waals surface area contributed by atoms with Crippen LogP contribution in [0.2, 0.25) is 0 Å². The number of aryl methyl sites for hydroxylation is 1. The maximum absolute atomic E-state index is 12.2. The summed E-state index contributed by atoms with van der Waals surface area (Å²) < 4.78 is 1.85. The molecule has 0 bridgehead atoms. The van der Waals surface area contributed by atoms with Crippen molar-refractivity contribution in [2.45, 2.75) is 26.8 Å². The molecule has 0 fully saturated rings. The standard InChI is InChI=1S/C16H18N4OS/c1-9(2)20-15-12(8-18-20)11(16(21)17-4)7-13(19-15)14-6-5-10(3)22-14/h5-9H,1-4H3,(H,17,21). The molecule has 1 amide bonds. The Bertz CT molecular complexity index is 847. The molecule has 3 aromatic rings. The molecule has 6 heteroatoms. The van der Waals surface area contributed by atoms with Crippen molar-refractivity contribution in [3.63, 3.8) is 0 Å². The zero-order valence-corrected chi connectivity index (χ0v) is 13.9. The van der Waals surface area contributed by atoms with Crippen LogP contribution in [0.5, 0.6) is 0 Å². The minimum Gasteiger partial charge on any atom is -0.355 e. The molecule has 5 nitrogen and oxygen atoms in total. The van der Waals surface area contributed by atoms with Crippen molar-refractivity contribution < 1.29 is 4.79 Å². The van der Waals surface area contributed by atoms with Crippen molar-refractivity contribution in [3.8, 4) is 10.6 Å². The van der Waals surface area contributed by atoms with Crippen LogP contribution in [0.1, 0.15) is 35.1 Å². The number of rotatable bonds is 3. The monoisotopic (exact) mass is 314 g/mol. The average molecular weight is 314 g/mol. The molecular formula is C16H18N4OS. The number of nitrogens with zero attached hydrogens (tertiary/aromatic N) is 3. The van der Waals surface area contributed by atoms with Gasteiger partial charge in [0.05, 0.1) is 27.7 Å². The van der Waals surface area contributed by atoms with Crippen LogP contribution in [0.25, 0.3) is 21.6 Å². The zero-order valence-electron chi connectivity index (χ0n) is 13.0. The van der Waals surface area contributed by atoms with Crippen LogP contribution in [0.15, 0.2) is 24.4 Å². The van der Waals surface area contributed by atoms with Gasteiger partial charge < -0.3 is 5.32 Å². The van der Waals surface area contributed by atoms with E-state index >= 15 is 0 Å². The lowest BCUT2D eigenvalue weighted by Crippen LogP contribution is -2.18. The Morgan fingerprint density at radius 1 is 1.36 bits per heavy atom. The van der Waals surface area contributed by atoms with Gasteiger partial charge in [0.25, 0.3) is 5.91 Å². The molecule has 3 rings (SSSR count). The molecule has 0 unspecified atom stereocenters. The summed E-state index contributed by atoms with van der Waals surface area (Å²) in [6, 6.07) is 6.13. The van der Waals surface area contributed by atoms with Gasteiger partial charge in [0, 0.05) is 18.0 Å². The van der Waals surface area contributed by atoms with Crippen molar-refractivity contribution in [2.24, 2.45) is 0 Å². The second-order valence-corrected chi connectivity index (χ2v) is 6.75. The van der Waals surface area contributed by atoms with Gasteiger partial charge in [-0.1, -0.05) is 0 Å². The average Bonchev–Trinajstić information content (AvgIpc) is 3.11. The Morgan fingerprint density at radius 3 is 2.73 bits per heavy atom. The summed E-state index contributed by atoms with van der Waals surface area (Å²) in [4.78, 5) is 19.2. The van der Waals surface area contributed by atoms with E-state index in [2.05, 4.69) is 37.3 Å². The molecule has 0 aromatic carbocycles. The van der Waals surface area contributed by atoms with E-state index < -0.39 is 0 Å². The van der Waals surface area contributed by atoms with Crippen LogP contribution in [0, 0.1) is 6.92 Å². The molecule has 0 radical (unpaired) electrons. The molecule has 0 saturated carbocycles. The Hall–Kier alpha value is -2.21. The van der Waals surface area contributed by atoms with Crippen molar-refractivity contribution in [1.29, 1.82) is 0 Å². The lowest BCUT2D eigenvalue weighted by atomic mass is 10.1. The van der Waals surface area contributed by atoms with Gasteiger partial charge in [-0.25, -0.2) is 9.67 Å². The number of aromatic nitrogens is 3. The number of amides is 1. The molecule has 3 aromatic heterocycles. The van der Waals surface area contributed by atoms with Crippen LogP contribution in [-0.2, 0) is 0 Å². The summed E-state index contributed by atoms with van der Waals surface area (Å²) in [7, 11) is 1.64. The van der Waals surface area contributed by atoms with Gasteiger partial charge in [-0.3, -0.25) is 4.79 Å². The molecular weight excluding hydrogens is 296 g/mol. The summed E-state index contributed by atoms with van der Waals surface area (Å²) in [6.07, 6.45) is 1.72. The molecule has 22 heavy (non-hydrogen) atoms. The second kappa shape index (κ2) is 5.53. The topological polar surface area (TPSA) is 59.8 Å². The SMILES string of the molecule is CNC(=O)c1cc(-c2ccc(C)s2)nc2c1cnn2C(C)C. The lowest BCUT2D eigenvalue weighted by Gasteiger charge is -2.09. The molecule has 0 aliphatic heterocycles. The number of carbonyl (C=O) groups is 1. The van der Waals surface area contributed by atoms with E-state index in [9.17, 15) is 4.79 Å². The van der Waals surface area contributed by atoms with E-state index in [0.29, 0.717) is 5.56 Å². The first-order valence-electron chi connectivity index (χ1n) is 7.18. The summed E-state index contributed by atoms with van der Waals surface area (Å²) in [5.41, 5.74) is 2.17. The first-order chi connectivity index (χ1) is 10.5. The fourth-order valence-corrected chi connectivity index (χ4v) is 3.25. The van der Waals surface area contributed by atoms with E-state index in [-0.39, 0.29) is 11.9 Å². The molecule has 0 aliphatic rings. The second-order valence-electron chi connectivity index (χ2n) is 5.46. The van der Waals surface area contributed by atoms with E-state index in [0.717, 1.165) is 21.6 Å². The summed E-state index contributed by atoms with van der Waals surface area (Å²) in [6.45, 7) is 6.16. The quantitative estimate of drug-likeness (QED) is 0.806. The van der Waals surface area contributed by atoms with Crippen LogP contribution < -0.4 is 5.32 Å². The molecule has 0 aliphatic carbocycles. The number of hydrogen-bond acceptors (Lipinski definition) is 4. The predicted molar refractivity (Wildman–Crippen MR) is 89.4 cm³/mol. The third kappa shape index (κ3) is 2.39. The number of thiophene rings is 1. The number of fused-ring (bicyclic) bond motifs is 1. The third-order valence-corrected chi connectivity index (χ3v) is 4.54. The Labute approximate surface area is 133 Å². The van der Waals surface area contributed by atoms with Gasteiger partial charge in [-0.05, 0) is 39.0 Å². The molecule has 1 N–H and O–H groups in total. The van der Waals surface area contributed by atoms with Gasteiger partial charge >= 0.3 is 0 Å². The Kier molecular flexibility index (Phi) is 3.70. The minimum atomic E-state index is -0.120. The van der Waals surface area contributed by atoms with E-state index in [1.165, 1.54) is 4.88 Å². The molecule has 114 valence electrons. The van der Waals surface area contributed by atoms with Crippen molar-refractivity contribution in [1.82, 2.24) is 20.1 Å². The van der Waals surface area contributed by atoms with Crippen molar-refractivity contribution in [3.05, 3.63) is 34.8 Å². The van der Waals surface area contributed by atoms with E-state index in [4.69, 9.17) is 4.98 Å². The Morgan fingerprint density at radius 2 is 2.14 bits per heavy atom. The van der Waals surface area contributed by atoms with Crippen LogP contribution in [0.3, 0.4) is 0 Å². The van der Waals surface area contributed by atoms with Crippen LogP contribution in [0.4, 0.5) is 0 Å². The van der Waals surface area contributed by atoms with Crippen molar-refractivity contribution in [2.75, 3.05) is 7.05 Å². The van der Waals surface area contributed by atoms with Gasteiger partial charge in [0.2, 0.25) is 0 Å². The highest BCUT2D eigenvalue weighted by molar-refractivity contribution is 7.15. The maximum atomic E-state index is 12.2.